The van der Waals surface area contributed by atoms with Gasteiger partial charge in [-0.25, -0.2) is 17.7 Å². The number of hydrogen-bond donors (Lipinski definition) is 1. The summed E-state index contributed by atoms with van der Waals surface area (Å²) in [5, 5.41) is 5.89. The highest BCUT2D eigenvalue weighted by atomic mass is 32.2. The van der Waals surface area contributed by atoms with Crippen molar-refractivity contribution < 1.29 is 17.9 Å². The summed E-state index contributed by atoms with van der Waals surface area (Å²) >= 11 is 1.59. The van der Waals surface area contributed by atoms with E-state index in [1.165, 1.54) is 16.6 Å². The predicted molar refractivity (Wildman–Crippen MR) is 119 cm³/mol. The second kappa shape index (κ2) is 10.2. The molecule has 2 heterocycles. The minimum absolute atomic E-state index is 0.175. The number of ether oxygens (including phenoxy) is 1. The predicted octanol–water partition coefficient (Wildman–Crippen LogP) is 2.83. The van der Waals surface area contributed by atoms with Gasteiger partial charge in [0.2, 0.25) is 15.9 Å². The first kappa shape index (κ1) is 22.5. The number of rotatable bonds is 8. The summed E-state index contributed by atoms with van der Waals surface area (Å²) in [4.78, 5) is 16.6. The summed E-state index contributed by atoms with van der Waals surface area (Å²) in [7, 11) is -3.13. The van der Waals surface area contributed by atoms with Crippen LogP contribution in [-0.4, -0.2) is 49.5 Å². The number of benzene rings is 1. The Labute approximate surface area is 181 Å². The lowest BCUT2D eigenvalue weighted by Gasteiger charge is -2.30. The van der Waals surface area contributed by atoms with Gasteiger partial charge < -0.3 is 10.1 Å². The molecule has 0 saturated carbocycles. The quantitative estimate of drug-likeness (QED) is 0.626. The Hall–Kier alpha value is -2.23. The van der Waals surface area contributed by atoms with Crippen LogP contribution in [0.25, 0.3) is 6.08 Å². The number of aromatic nitrogens is 1. The Bertz CT molecular complexity index is 993. The second-order valence-electron chi connectivity index (χ2n) is 7.37. The van der Waals surface area contributed by atoms with Gasteiger partial charge in [0.1, 0.15) is 12.4 Å². The lowest BCUT2D eigenvalue weighted by Crippen LogP contribution is -2.40. The highest BCUT2D eigenvalue weighted by Gasteiger charge is 2.24. The van der Waals surface area contributed by atoms with Crippen LogP contribution in [-0.2, 0) is 21.4 Å². The maximum absolute atomic E-state index is 12.2. The van der Waals surface area contributed by atoms with Crippen LogP contribution >= 0.6 is 11.3 Å². The molecule has 2 aromatic rings. The maximum Gasteiger partial charge on any atom is 0.244 e. The number of aryl methyl sites for hydroxylation is 1. The third kappa shape index (κ3) is 6.65. The van der Waals surface area contributed by atoms with Crippen molar-refractivity contribution >= 4 is 33.3 Å². The fourth-order valence-electron chi connectivity index (χ4n) is 3.29. The molecule has 1 N–H and O–H groups in total. The van der Waals surface area contributed by atoms with E-state index in [2.05, 4.69) is 10.3 Å². The van der Waals surface area contributed by atoms with Crippen LogP contribution in [0, 0.1) is 12.8 Å². The van der Waals surface area contributed by atoms with E-state index in [4.69, 9.17) is 4.74 Å². The fourth-order valence-corrected chi connectivity index (χ4v) is 4.76. The van der Waals surface area contributed by atoms with Gasteiger partial charge in [0.05, 0.1) is 17.0 Å². The first-order valence-electron chi connectivity index (χ1n) is 9.85. The third-order valence-corrected chi connectivity index (χ3v) is 7.11. The average molecular weight is 450 g/mol. The van der Waals surface area contributed by atoms with Crippen molar-refractivity contribution in [3.63, 3.8) is 0 Å². The highest BCUT2D eigenvalue weighted by Crippen LogP contribution is 2.21. The van der Waals surface area contributed by atoms with Crippen molar-refractivity contribution in [1.29, 1.82) is 0 Å². The molecule has 1 fully saturated rings. The molecule has 162 valence electrons. The normalized spacial score (nSPS) is 16.1. The number of para-hydroxylation sites is 1. The van der Waals surface area contributed by atoms with Crippen molar-refractivity contribution in [3.05, 3.63) is 52.0 Å². The van der Waals surface area contributed by atoms with Crippen LogP contribution in [0.1, 0.15) is 29.1 Å². The molecule has 1 aromatic heterocycles. The first-order valence-corrected chi connectivity index (χ1v) is 12.6. The van der Waals surface area contributed by atoms with E-state index >= 15 is 0 Å². The number of carbonyl (C=O) groups is 1. The number of sulfonamides is 1. The molecule has 0 aliphatic carbocycles. The minimum Gasteiger partial charge on any atom is -0.487 e. The Kier molecular flexibility index (Phi) is 7.63. The zero-order valence-corrected chi connectivity index (χ0v) is 18.8. The van der Waals surface area contributed by atoms with Crippen molar-refractivity contribution in [1.82, 2.24) is 14.6 Å². The zero-order valence-electron chi connectivity index (χ0n) is 17.2. The van der Waals surface area contributed by atoms with Crippen LogP contribution in [0.15, 0.2) is 35.7 Å². The standard InChI is InChI=1S/C21H27N3O4S2/c1-16-23-19(15-29-16)14-28-20-6-4-3-5-18(20)7-8-21(25)22-13-17-9-11-24(12-10-17)30(2,26)27/h3-8,15,17H,9-14H2,1-2H3,(H,22,25)/b8-7+. The molecule has 1 amide bonds. The lowest BCUT2D eigenvalue weighted by atomic mass is 9.98. The van der Waals surface area contributed by atoms with Crippen LogP contribution < -0.4 is 10.1 Å². The molecule has 1 saturated heterocycles. The summed E-state index contributed by atoms with van der Waals surface area (Å²) < 4.78 is 30.5. The van der Waals surface area contributed by atoms with E-state index in [-0.39, 0.29) is 11.8 Å². The Morgan fingerprint density at radius 1 is 1.33 bits per heavy atom. The molecular formula is C21H27N3O4S2. The lowest BCUT2D eigenvalue weighted by molar-refractivity contribution is -0.116. The summed E-state index contributed by atoms with van der Waals surface area (Å²) in [6, 6.07) is 7.55. The van der Waals surface area contributed by atoms with Gasteiger partial charge in [0, 0.05) is 36.7 Å². The molecule has 9 heteroatoms. The molecule has 30 heavy (non-hydrogen) atoms. The maximum atomic E-state index is 12.2. The van der Waals surface area contributed by atoms with Crippen molar-refractivity contribution in [2.45, 2.75) is 26.4 Å². The molecular weight excluding hydrogens is 422 g/mol. The van der Waals surface area contributed by atoms with Gasteiger partial charge in [0.15, 0.2) is 0 Å². The Morgan fingerprint density at radius 3 is 2.73 bits per heavy atom. The molecule has 1 aromatic carbocycles. The van der Waals surface area contributed by atoms with Crippen molar-refractivity contribution in [3.8, 4) is 5.75 Å². The Balaban J connectivity index is 1.48. The number of carbonyl (C=O) groups excluding carboxylic acids is 1. The molecule has 7 nitrogen and oxygen atoms in total. The van der Waals surface area contributed by atoms with Crippen LogP contribution in [0.3, 0.4) is 0 Å². The summed E-state index contributed by atoms with van der Waals surface area (Å²) in [5.41, 5.74) is 1.71. The first-order chi connectivity index (χ1) is 14.3. The van der Waals surface area contributed by atoms with E-state index in [9.17, 15) is 13.2 Å². The van der Waals surface area contributed by atoms with E-state index in [0.717, 1.165) is 29.1 Å². The largest absolute Gasteiger partial charge is 0.487 e. The molecule has 0 bridgehead atoms. The average Bonchev–Trinajstić information content (AvgIpc) is 3.14. The SMILES string of the molecule is Cc1nc(COc2ccccc2/C=C/C(=O)NCC2CCN(S(C)(=O)=O)CC2)cs1. The van der Waals surface area contributed by atoms with E-state index in [1.807, 2.05) is 36.6 Å². The van der Waals surface area contributed by atoms with Gasteiger partial charge in [-0.1, -0.05) is 18.2 Å². The van der Waals surface area contributed by atoms with Gasteiger partial charge in [-0.2, -0.15) is 0 Å². The van der Waals surface area contributed by atoms with Gasteiger partial charge in [-0.05, 0) is 37.8 Å². The minimum atomic E-state index is -3.13. The van der Waals surface area contributed by atoms with E-state index < -0.39 is 10.0 Å². The smallest absolute Gasteiger partial charge is 0.244 e. The van der Waals surface area contributed by atoms with Crippen molar-refractivity contribution in [2.75, 3.05) is 25.9 Å². The van der Waals surface area contributed by atoms with Crippen LogP contribution in [0.2, 0.25) is 0 Å². The zero-order chi connectivity index (χ0) is 21.6. The van der Waals surface area contributed by atoms with Crippen LogP contribution in [0.4, 0.5) is 0 Å². The monoisotopic (exact) mass is 449 g/mol. The topological polar surface area (TPSA) is 88.6 Å². The number of thiazole rings is 1. The molecule has 3 rings (SSSR count). The number of nitrogens with one attached hydrogen (secondary N) is 1. The molecule has 0 unspecified atom stereocenters. The molecule has 1 aliphatic heterocycles. The molecule has 0 spiro atoms. The molecule has 1 aliphatic rings. The van der Waals surface area contributed by atoms with Gasteiger partial charge in [-0.15, -0.1) is 11.3 Å². The number of piperidine rings is 1. The third-order valence-electron chi connectivity index (χ3n) is 4.98. The molecule has 0 atom stereocenters. The molecule has 0 radical (unpaired) electrons. The highest BCUT2D eigenvalue weighted by molar-refractivity contribution is 7.88. The summed E-state index contributed by atoms with van der Waals surface area (Å²) in [6.07, 6.45) is 5.98. The van der Waals surface area contributed by atoms with Crippen molar-refractivity contribution in [2.24, 2.45) is 5.92 Å². The summed E-state index contributed by atoms with van der Waals surface area (Å²) in [5.74, 6) is 0.809. The summed E-state index contributed by atoms with van der Waals surface area (Å²) in [6.45, 7) is 3.91. The number of hydrogen-bond acceptors (Lipinski definition) is 6. The van der Waals surface area contributed by atoms with E-state index in [1.54, 1.807) is 17.4 Å². The number of amides is 1. The van der Waals surface area contributed by atoms with Gasteiger partial charge in [-0.3, -0.25) is 4.79 Å². The number of nitrogens with zero attached hydrogens (tertiary/aromatic N) is 2. The van der Waals surface area contributed by atoms with Crippen LogP contribution in [0.5, 0.6) is 5.75 Å². The fraction of sp³-hybridized carbons (Fsp3) is 0.429. The van der Waals surface area contributed by atoms with E-state index in [0.29, 0.717) is 32.0 Å². The van der Waals surface area contributed by atoms with Gasteiger partial charge >= 0.3 is 0 Å². The van der Waals surface area contributed by atoms with Gasteiger partial charge in [0.25, 0.3) is 0 Å². The second-order valence-corrected chi connectivity index (χ2v) is 10.4. The Morgan fingerprint density at radius 2 is 2.07 bits per heavy atom.